The van der Waals surface area contributed by atoms with E-state index in [1.807, 2.05) is 0 Å². The second kappa shape index (κ2) is 8.87. The number of nitrogens with zero attached hydrogens (tertiary/aromatic N) is 2. The van der Waals surface area contributed by atoms with E-state index in [0.717, 1.165) is 11.8 Å². The van der Waals surface area contributed by atoms with Crippen molar-refractivity contribution in [1.82, 2.24) is 9.97 Å². The summed E-state index contributed by atoms with van der Waals surface area (Å²) in [7, 11) is 0. The highest BCUT2D eigenvalue weighted by atomic mass is 19.4. The Morgan fingerprint density at radius 2 is 1.78 bits per heavy atom. The van der Waals surface area contributed by atoms with Gasteiger partial charge in [-0.1, -0.05) is 12.1 Å². The number of benzene rings is 1. The van der Waals surface area contributed by atoms with Crippen LogP contribution >= 0.6 is 0 Å². The van der Waals surface area contributed by atoms with Crippen LogP contribution < -0.4 is 9.64 Å². The molecule has 2 N–H and O–H groups in total. The van der Waals surface area contributed by atoms with E-state index < -0.39 is 42.0 Å². The Morgan fingerprint density at radius 3 is 2.50 bits per heavy atom. The molecule has 1 aromatic carbocycles. The summed E-state index contributed by atoms with van der Waals surface area (Å²) >= 11 is 0. The molecular weight excluding hydrogens is 486 g/mol. The molecule has 0 spiro atoms. The van der Waals surface area contributed by atoms with Crippen LogP contribution in [0.15, 0.2) is 30.3 Å². The zero-order valence-corrected chi connectivity index (χ0v) is 18.9. The first kappa shape index (κ1) is 23.5. The molecular formula is C24H23F4N3O5. The van der Waals surface area contributed by atoms with E-state index in [0.29, 0.717) is 26.3 Å². The Hall–Kier alpha value is -2.93. The van der Waals surface area contributed by atoms with Crippen LogP contribution in [0.25, 0.3) is 22.3 Å². The smallest absolute Gasteiger partial charge is 0.418 e. The number of aliphatic hydroxyl groups excluding tert-OH is 1. The van der Waals surface area contributed by atoms with Gasteiger partial charge in [0.25, 0.3) is 0 Å². The lowest BCUT2D eigenvalue weighted by molar-refractivity contribution is -0.137. The second-order valence-electron chi connectivity index (χ2n) is 9.01. The standard InChI is InChI=1S/C24H23F4N3O5/c25-18-20-15(29-23(18)36-17-11-35-21-16(32)10-34-22(17)21)9-14(24(26,27)28)19(30-20)12-1-3-13(4-2-12)31-5-7-33-8-6-31/h1-4,9,16-17,21-22,29,32H,5-8,10-11H2/t16-,17-,21-,22-/m1/s1. The summed E-state index contributed by atoms with van der Waals surface area (Å²) in [6.45, 7) is 2.64. The van der Waals surface area contributed by atoms with Gasteiger partial charge in [0, 0.05) is 24.3 Å². The van der Waals surface area contributed by atoms with E-state index in [1.54, 1.807) is 24.3 Å². The van der Waals surface area contributed by atoms with E-state index >= 15 is 4.39 Å². The maximum Gasteiger partial charge on any atom is 0.418 e. The first-order valence-corrected chi connectivity index (χ1v) is 11.6. The van der Waals surface area contributed by atoms with Gasteiger partial charge in [-0.3, -0.25) is 0 Å². The molecule has 0 saturated carbocycles. The highest BCUT2D eigenvalue weighted by molar-refractivity contribution is 5.83. The van der Waals surface area contributed by atoms with Gasteiger partial charge in [-0.15, -0.1) is 0 Å². The number of pyridine rings is 1. The Bertz CT molecular complexity index is 1260. The number of ether oxygens (including phenoxy) is 4. The number of fused-ring (bicyclic) bond motifs is 2. The van der Waals surface area contributed by atoms with Gasteiger partial charge < -0.3 is 33.9 Å². The third-order valence-electron chi connectivity index (χ3n) is 6.75. The number of nitrogens with one attached hydrogen (secondary N) is 1. The summed E-state index contributed by atoms with van der Waals surface area (Å²) in [5, 5.41) is 9.88. The van der Waals surface area contributed by atoms with E-state index in [2.05, 4.69) is 14.9 Å². The Morgan fingerprint density at radius 1 is 1.06 bits per heavy atom. The Labute approximate surface area is 202 Å². The lowest BCUT2D eigenvalue weighted by atomic mass is 10.0. The van der Waals surface area contributed by atoms with Crippen LogP contribution in [0, 0.1) is 5.82 Å². The molecule has 0 amide bonds. The number of halogens is 4. The Balaban J connectivity index is 1.34. The molecule has 4 atom stereocenters. The molecule has 8 nitrogen and oxygen atoms in total. The second-order valence-corrected chi connectivity index (χ2v) is 9.01. The molecule has 2 aromatic heterocycles. The normalized spacial score (nSPS) is 26.5. The highest BCUT2D eigenvalue weighted by Crippen LogP contribution is 2.40. The van der Waals surface area contributed by atoms with Gasteiger partial charge in [0.2, 0.25) is 11.7 Å². The quantitative estimate of drug-likeness (QED) is 0.523. The lowest BCUT2D eigenvalue weighted by Crippen LogP contribution is -2.36. The van der Waals surface area contributed by atoms with Crippen LogP contribution in [0.1, 0.15) is 5.56 Å². The topological polar surface area (TPSA) is 89.1 Å². The average Bonchev–Trinajstić information content (AvgIpc) is 3.54. The van der Waals surface area contributed by atoms with Gasteiger partial charge in [-0.05, 0) is 18.2 Å². The number of rotatable bonds is 4. The van der Waals surface area contributed by atoms with Crippen molar-refractivity contribution in [2.45, 2.75) is 30.6 Å². The number of aliphatic hydroxyl groups is 1. The van der Waals surface area contributed by atoms with Gasteiger partial charge in [-0.25, -0.2) is 4.98 Å². The number of anilines is 1. The molecule has 0 aliphatic carbocycles. The molecule has 3 aromatic rings. The molecule has 0 radical (unpaired) electrons. The zero-order chi connectivity index (χ0) is 25.0. The maximum absolute atomic E-state index is 15.3. The summed E-state index contributed by atoms with van der Waals surface area (Å²) in [5.74, 6) is -1.27. The van der Waals surface area contributed by atoms with Crippen LogP contribution in [0.2, 0.25) is 0 Å². The fourth-order valence-corrected chi connectivity index (χ4v) is 4.93. The van der Waals surface area contributed by atoms with Crippen molar-refractivity contribution in [1.29, 1.82) is 0 Å². The van der Waals surface area contributed by atoms with E-state index in [-0.39, 0.29) is 41.4 Å². The number of H-pyrrole nitrogens is 1. The number of aromatic nitrogens is 2. The number of morpholine rings is 1. The molecule has 3 aliphatic heterocycles. The summed E-state index contributed by atoms with van der Waals surface area (Å²) < 4.78 is 79.2. The number of hydrogen-bond donors (Lipinski definition) is 2. The highest BCUT2D eigenvalue weighted by Gasteiger charge is 2.49. The molecule has 3 fully saturated rings. The van der Waals surface area contributed by atoms with Crippen LogP contribution in [0.5, 0.6) is 5.88 Å². The molecule has 5 heterocycles. The number of hydrogen-bond acceptors (Lipinski definition) is 7. The predicted molar refractivity (Wildman–Crippen MR) is 119 cm³/mol. The largest absolute Gasteiger partial charge is 0.468 e. The molecule has 36 heavy (non-hydrogen) atoms. The molecule has 0 bridgehead atoms. The maximum atomic E-state index is 15.3. The van der Waals surface area contributed by atoms with Gasteiger partial charge in [0.15, 0.2) is 6.10 Å². The minimum absolute atomic E-state index is 0.0448. The monoisotopic (exact) mass is 509 g/mol. The van der Waals surface area contributed by atoms with Crippen molar-refractivity contribution in [3.8, 4) is 17.1 Å². The summed E-state index contributed by atoms with van der Waals surface area (Å²) in [6.07, 6.45) is -7.47. The fourth-order valence-electron chi connectivity index (χ4n) is 4.93. The van der Waals surface area contributed by atoms with Crippen molar-refractivity contribution in [2.75, 3.05) is 44.4 Å². The fraction of sp³-hybridized carbons (Fsp3) is 0.458. The van der Waals surface area contributed by atoms with Gasteiger partial charge >= 0.3 is 6.18 Å². The molecule has 6 rings (SSSR count). The number of alkyl halides is 3. The summed E-state index contributed by atoms with van der Waals surface area (Å²) in [6, 6.07) is 7.39. The molecule has 12 heteroatoms. The van der Waals surface area contributed by atoms with Crippen LogP contribution in [-0.2, 0) is 20.4 Å². The van der Waals surface area contributed by atoms with Crippen LogP contribution in [0.4, 0.5) is 23.2 Å². The van der Waals surface area contributed by atoms with Crippen molar-refractivity contribution >= 4 is 16.7 Å². The molecule has 3 aliphatic rings. The first-order chi connectivity index (χ1) is 17.3. The SMILES string of the molecule is O[C@@H]1CO[C@H]2[C@@H]1OC[C@H]2Oc1[nH]c2cc(C(F)(F)F)c(-c3ccc(N4CCOCC4)cc3)nc2c1F. The Kier molecular flexibility index (Phi) is 5.78. The van der Waals surface area contributed by atoms with E-state index in [1.165, 1.54) is 0 Å². The predicted octanol–water partition coefficient (Wildman–Crippen LogP) is 3.13. The minimum Gasteiger partial charge on any atom is -0.468 e. The van der Waals surface area contributed by atoms with Crippen molar-refractivity contribution in [3.63, 3.8) is 0 Å². The van der Waals surface area contributed by atoms with Crippen LogP contribution in [0.3, 0.4) is 0 Å². The third-order valence-corrected chi connectivity index (χ3v) is 6.75. The summed E-state index contributed by atoms with van der Waals surface area (Å²) in [4.78, 5) is 8.74. The first-order valence-electron chi connectivity index (χ1n) is 11.6. The van der Waals surface area contributed by atoms with Gasteiger partial charge in [0.05, 0.1) is 43.2 Å². The van der Waals surface area contributed by atoms with Crippen molar-refractivity contribution < 1.29 is 41.6 Å². The lowest BCUT2D eigenvalue weighted by Gasteiger charge is -2.29. The third kappa shape index (κ3) is 4.07. The average molecular weight is 509 g/mol. The molecule has 3 saturated heterocycles. The van der Waals surface area contributed by atoms with Gasteiger partial charge in [0.1, 0.15) is 23.8 Å². The number of aromatic amines is 1. The van der Waals surface area contributed by atoms with E-state index in [9.17, 15) is 18.3 Å². The molecule has 0 unspecified atom stereocenters. The van der Waals surface area contributed by atoms with Crippen LogP contribution in [-0.4, -0.2) is 79.0 Å². The molecule has 192 valence electrons. The minimum atomic E-state index is -4.72. The van der Waals surface area contributed by atoms with Gasteiger partial charge in [-0.2, -0.15) is 17.6 Å². The van der Waals surface area contributed by atoms with E-state index in [4.69, 9.17) is 18.9 Å². The summed E-state index contributed by atoms with van der Waals surface area (Å²) in [5.41, 5.74) is -0.714. The van der Waals surface area contributed by atoms with Crippen molar-refractivity contribution in [2.24, 2.45) is 0 Å². The zero-order valence-electron chi connectivity index (χ0n) is 18.9. The van der Waals surface area contributed by atoms with Crippen molar-refractivity contribution in [3.05, 3.63) is 41.7 Å².